The predicted molar refractivity (Wildman–Crippen MR) is 58.9 cm³/mol. The van der Waals surface area contributed by atoms with E-state index in [0.717, 1.165) is 17.8 Å². The molecule has 3 heteroatoms. The highest BCUT2D eigenvalue weighted by Crippen LogP contribution is 2.12. The number of nitrogens with zero attached hydrogens (tertiary/aromatic N) is 2. The molecular formula is C11H13N3. The topological polar surface area (TPSA) is 36.8 Å². The molecule has 1 N–H and O–H groups in total. The Morgan fingerprint density at radius 2 is 2.07 bits per heavy atom. The van der Waals surface area contributed by atoms with Crippen LogP contribution in [0.2, 0.25) is 0 Å². The average molecular weight is 187 g/mol. The van der Waals surface area contributed by atoms with Crippen molar-refractivity contribution in [2.24, 2.45) is 16.1 Å². The Morgan fingerprint density at radius 3 is 2.79 bits per heavy atom. The highest BCUT2D eigenvalue weighted by molar-refractivity contribution is 6.11. The minimum Gasteiger partial charge on any atom is -0.319 e. The monoisotopic (exact) mass is 187 g/mol. The summed E-state index contributed by atoms with van der Waals surface area (Å²) in [4.78, 5) is 0. The fourth-order valence-electron chi connectivity index (χ4n) is 1.57. The fraction of sp³-hybridized carbons (Fsp3) is 0.273. The normalized spacial score (nSPS) is 19.8. The van der Waals surface area contributed by atoms with Gasteiger partial charge in [0, 0.05) is 12.8 Å². The maximum atomic E-state index is 4.15. The van der Waals surface area contributed by atoms with Gasteiger partial charge in [-0.05, 0) is 12.6 Å². The summed E-state index contributed by atoms with van der Waals surface area (Å²) in [6.45, 7) is 0.886. The molecule has 0 saturated carbocycles. The molecule has 0 amide bonds. The second-order valence-electron chi connectivity index (χ2n) is 3.28. The van der Waals surface area contributed by atoms with Gasteiger partial charge >= 0.3 is 0 Å². The van der Waals surface area contributed by atoms with Crippen LogP contribution in [-0.2, 0) is 0 Å². The van der Waals surface area contributed by atoms with Gasteiger partial charge < -0.3 is 5.32 Å². The van der Waals surface area contributed by atoms with E-state index < -0.39 is 0 Å². The van der Waals surface area contributed by atoms with Gasteiger partial charge in [-0.2, -0.15) is 10.2 Å². The summed E-state index contributed by atoms with van der Waals surface area (Å²) in [6, 6.07) is 10.2. The Hall–Kier alpha value is -1.48. The highest BCUT2D eigenvalue weighted by Gasteiger charge is 2.18. The van der Waals surface area contributed by atoms with E-state index in [1.165, 1.54) is 0 Å². The zero-order valence-electron chi connectivity index (χ0n) is 8.14. The molecule has 1 heterocycles. The maximum Gasteiger partial charge on any atom is 0.0800 e. The molecule has 0 bridgehead atoms. The molecule has 0 spiro atoms. The Morgan fingerprint density at radius 1 is 1.29 bits per heavy atom. The molecule has 3 nitrogen and oxygen atoms in total. The molecule has 1 atom stereocenters. The van der Waals surface area contributed by atoms with Crippen molar-refractivity contribution in [2.75, 3.05) is 13.6 Å². The van der Waals surface area contributed by atoms with E-state index in [1.54, 1.807) is 0 Å². The van der Waals surface area contributed by atoms with Crippen LogP contribution in [0.25, 0.3) is 0 Å². The predicted octanol–water partition coefficient (Wildman–Crippen LogP) is 1.31. The van der Waals surface area contributed by atoms with Crippen LogP contribution in [0.5, 0.6) is 0 Å². The minimum atomic E-state index is 0.308. The Bertz CT molecular complexity index is 354. The summed E-state index contributed by atoms with van der Waals surface area (Å²) in [6.07, 6.45) is 1.89. The van der Waals surface area contributed by atoms with Gasteiger partial charge in [0.15, 0.2) is 0 Å². The van der Waals surface area contributed by atoms with Crippen molar-refractivity contribution in [2.45, 2.75) is 0 Å². The largest absolute Gasteiger partial charge is 0.319 e. The summed E-state index contributed by atoms with van der Waals surface area (Å²) >= 11 is 0. The summed E-state index contributed by atoms with van der Waals surface area (Å²) in [5.41, 5.74) is 2.21. The molecule has 0 aliphatic carbocycles. The molecule has 2 rings (SSSR count). The van der Waals surface area contributed by atoms with Crippen LogP contribution < -0.4 is 5.32 Å². The van der Waals surface area contributed by atoms with Crippen molar-refractivity contribution in [3.8, 4) is 0 Å². The number of rotatable bonds is 3. The van der Waals surface area contributed by atoms with Gasteiger partial charge in [-0.3, -0.25) is 0 Å². The first-order chi connectivity index (χ1) is 6.92. The van der Waals surface area contributed by atoms with Gasteiger partial charge in [0.2, 0.25) is 0 Å². The second kappa shape index (κ2) is 4.15. The molecule has 1 aliphatic heterocycles. The van der Waals surface area contributed by atoms with Crippen molar-refractivity contribution in [3.05, 3.63) is 35.9 Å². The molecule has 0 unspecified atom stereocenters. The van der Waals surface area contributed by atoms with Gasteiger partial charge in [-0.1, -0.05) is 30.3 Å². The SMILES string of the molecule is CNC[C@@H]1C=NN=C1c1ccccc1. The number of nitrogens with one attached hydrogen (secondary N) is 1. The third-order valence-electron chi connectivity index (χ3n) is 2.26. The van der Waals surface area contributed by atoms with Crippen molar-refractivity contribution in [3.63, 3.8) is 0 Å². The van der Waals surface area contributed by atoms with Gasteiger partial charge in [0.25, 0.3) is 0 Å². The number of benzene rings is 1. The van der Waals surface area contributed by atoms with E-state index >= 15 is 0 Å². The molecule has 0 fully saturated rings. The zero-order valence-corrected chi connectivity index (χ0v) is 8.14. The lowest BCUT2D eigenvalue weighted by molar-refractivity contribution is 0.768. The third kappa shape index (κ3) is 1.72. The van der Waals surface area contributed by atoms with Crippen LogP contribution >= 0.6 is 0 Å². The first-order valence-electron chi connectivity index (χ1n) is 4.73. The molecule has 14 heavy (non-hydrogen) atoms. The number of hydrogen-bond acceptors (Lipinski definition) is 3. The third-order valence-corrected chi connectivity index (χ3v) is 2.26. The smallest absolute Gasteiger partial charge is 0.0800 e. The Labute approximate surface area is 83.6 Å². The first kappa shape index (κ1) is 9.09. The maximum absolute atomic E-state index is 4.15. The molecule has 1 aromatic carbocycles. The fourth-order valence-corrected chi connectivity index (χ4v) is 1.57. The molecule has 1 aliphatic rings. The second-order valence-corrected chi connectivity index (χ2v) is 3.28. The van der Waals surface area contributed by atoms with Crippen molar-refractivity contribution in [1.29, 1.82) is 0 Å². The van der Waals surface area contributed by atoms with Crippen LogP contribution in [0, 0.1) is 5.92 Å². The number of hydrogen-bond donors (Lipinski definition) is 1. The Balaban J connectivity index is 2.20. The average Bonchev–Trinajstić information content (AvgIpc) is 2.68. The Kier molecular flexibility index (Phi) is 2.70. The molecule has 0 aromatic heterocycles. The lowest BCUT2D eigenvalue weighted by Gasteiger charge is -2.09. The highest BCUT2D eigenvalue weighted by atomic mass is 15.2. The first-order valence-corrected chi connectivity index (χ1v) is 4.73. The summed E-state index contributed by atoms with van der Waals surface area (Å²) in [5.74, 6) is 0.308. The van der Waals surface area contributed by atoms with Crippen LogP contribution in [0.4, 0.5) is 0 Å². The molecular weight excluding hydrogens is 174 g/mol. The molecule has 0 radical (unpaired) electrons. The van der Waals surface area contributed by atoms with E-state index in [0.29, 0.717) is 5.92 Å². The van der Waals surface area contributed by atoms with Gasteiger partial charge in [-0.15, -0.1) is 0 Å². The molecule has 0 saturated heterocycles. The van der Waals surface area contributed by atoms with Crippen LogP contribution in [0.1, 0.15) is 5.56 Å². The summed E-state index contributed by atoms with van der Waals surface area (Å²) in [7, 11) is 1.94. The molecule has 1 aromatic rings. The van der Waals surface area contributed by atoms with Crippen LogP contribution in [-0.4, -0.2) is 25.5 Å². The lowest BCUT2D eigenvalue weighted by Crippen LogP contribution is -2.25. The van der Waals surface area contributed by atoms with E-state index in [4.69, 9.17) is 0 Å². The van der Waals surface area contributed by atoms with Crippen molar-refractivity contribution < 1.29 is 0 Å². The van der Waals surface area contributed by atoms with Gasteiger partial charge in [-0.25, -0.2) is 0 Å². The standard InChI is InChI=1S/C11H13N3/c1-12-7-10-8-13-14-11(10)9-5-3-2-4-6-9/h2-6,8,10,12H,7H2,1H3/t10-/m1/s1. The van der Waals surface area contributed by atoms with E-state index in [9.17, 15) is 0 Å². The van der Waals surface area contributed by atoms with Crippen molar-refractivity contribution in [1.82, 2.24) is 5.32 Å². The van der Waals surface area contributed by atoms with Crippen LogP contribution in [0.15, 0.2) is 40.5 Å². The zero-order chi connectivity index (χ0) is 9.80. The quantitative estimate of drug-likeness (QED) is 0.761. The summed E-state index contributed by atoms with van der Waals surface area (Å²) < 4.78 is 0. The molecule has 72 valence electrons. The lowest BCUT2D eigenvalue weighted by atomic mass is 9.98. The summed E-state index contributed by atoms with van der Waals surface area (Å²) in [5, 5.41) is 11.3. The van der Waals surface area contributed by atoms with E-state index in [-0.39, 0.29) is 0 Å². The van der Waals surface area contributed by atoms with Crippen LogP contribution in [0.3, 0.4) is 0 Å². The van der Waals surface area contributed by atoms with Gasteiger partial charge in [0.1, 0.15) is 0 Å². The minimum absolute atomic E-state index is 0.308. The van der Waals surface area contributed by atoms with E-state index in [1.807, 2.05) is 31.5 Å². The van der Waals surface area contributed by atoms with Gasteiger partial charge in [0.05, 0.1) is 11.6 Å². The van der Waals surface area contributed by atoms with E-state index in [2.05, 4.69) is 27.7 Å². The van der Waals surface area contributed by atoms with Crippen molar-refractivity contribution >= 4 is 11.9 Å².